The minimum absolute atomic E-state index is 0.0163. The van der Waals surface area contributed by atoms with Crippen LogP contribution in [0.5, 0.6) is 0 Å². The number of carbonyl (C=O) groups excluding carboxylic acids is 3. The molecule has 2 amide bonds. The molecule has 0 aromatic heterocycles. The van der Waals surface area contributed by atoms with Crippen LogP contribution in [0, 0.1) is 0 Å². The van der Waals surface area contributed by atoms with Crippen LogP contribution in [0.1, 0.15) is 56.7 Å². The molecule has 1 fully saturated rings. The minimum atomic E-state index is -0.954. The van der Waals surface area contributed by atoms with E-state index in [9.17, 15) is 14.4 Å². The predicted molar refractivity (Wildman–Crippen MR) is 192 cm³/mol. The quantitative estimate of drug-likeness (QED) is 0.192. The molecule has 2 aliphatic rings. The molecule has 1 aliphatic carbocycles. The fraction of sp³-hybridized carbons (Fsp3) is 0.475. The highest BCUT2D eigenvalue weighted by Crippen LogP contribution is 2.44. The van der Waals surface area contributed by atoms with E-state index in [1.807, 2.05) is 54.6 Å². The van der Waals surface area contributed by atoms with Gasteiger partial charge in [-0.1, -0.05) is 78.9 Å². The number of ether oxygens (including phenoxy) is 7. The smallest absolute Gasteiger partial charge is 0.407 e. The minimum Gasteiger partial charge on any atom is -0.458 e. The van der Waals surface area contributed by atoms with Gasteiger partial charge < -0.3 is 43.8 Å². The lowest BCUT2D eigenvalue weighted by atomic mass is 9.96. The highest BCUT2D eigenvalue weighted by Gasteiger charge is 2.48. The summed E-state index contributed by atoms with van der Waals surface area (Å²) >= 11 is 0. The van der Waals surface area contributed by atoms with Crippen molar-refractivity contribution in [2.45, 2.75) is 82.9 Å². The molecule has 12 nitrogen and oxygen atoms in total. The Morgan fingerprint density at radius 1 is 0.827 bits per heavy atom. The maximum atomic E-state index is 13.3. The van der Waals surface area contributed by atoms with Gasteiger partial charge >= 0.3 is 12.1 Å². The molecule has 0 bridgehead atoms. The standard InChI is InChI=1S/C40H50N2O10/c1-6-48-38-35(37(49-25-34(44)52-40(2,3)4)36(46-5)32(51-38)24-47-22-26-14-8-7-9-15-26)42-33(43)20-21-41-39(45)50-23-31-29-18-12-10-16-27(29)28-17-11-13-19-30(28)31/h7-19,31-32,35-38H,6,20-25H2,1-5H3,(H,41,45)(H,42,43)/t32?,35?,36-,37-,38?/m1/s1. The van der Waals surface area contributed by atoms with Crippen molar-refractivity contribution in [3.05, 3.63) is 95.6 Å². The molecule has 0 radical (unpaired) electrons. The molecule has 280 valence electrons. The third kappa shape index (κ3) is 10.4. The van der Waals surface area contributed by atoms with Gasteiger partial charge in [0, 0.05) is 32.6 Å². The number of esters is 1. The Labute approximate surface area is 305 Å². The fourth-order valence-electron chi connectivity index (χ4n) is 6.57. The Morgan fingerprint density at radius 2 is 1.48 bits per heavy atom. The normalized spacial score (nSPS) is 21.1. The van der Waals surface area contributed by atoms with Gasteiger partial charge in [-0.3, -0.25) is 4.79 Å². The highest BCUT2D eigenvalue weighted by molar-refractivity contribution is 5.79. The summed E-state index contributed by atoms with van der Waals surface area (Å²) in [6.07, 6.45) is -3.94. The van der Waals surface area contributed by atoms with Crippen molar-refractivity contribution in [1.29, 1.82) is 0 Å². The Kier molecular flexibility index (Phi) is 13.8. The Balaban J connectivity index is 1.19. The van der Waals surface area contributed by atoms with Crippen molar-refractivity contribution in [2.75, 3.05) is 40.1 Å². The number of hydrogen-bond acceptors (Lipinski definition) is 10. The van der Waals surface area contributed by atoms with E-state index in [2.05, 4.69) is 34.9 Å². The third-order valence-electron chi connectivity index (χ3n) is 8.75. The third-order valence-corrected chi connectivity index (χ3v) is 8.75. The van der Waals surface area contributed by atoms with Crippen molar-refractivity contribution in [3.8, 4) is 11.1 Å². The van der Waals surface area contributed by atoms with E-state index >= 15 is 0 Å². The maximum Gasteiger partial charge on any atom is 0.407 e. The van der Waals surface area contributed by atoms with Crippen molar-refractivity contribution >= 4 is 18.0 Å². The SMILES string of the molecule is CCOC1OC(COCc2ccccc2)[C@@H](OC)[C@H](OCC(=O)OC(C)(C)C)C1NC(=O)CCNC(=O)OCC1c2ccccc2-c2ccccc21. The van der Waals surface area contributed by atoms with Crippen LogP contribution in [0.2, 0.25) is 0 Å². The molecular weight excluding hydrogens is 668 g/mol. The predicted octanol–water partition coefficient (Wildman–Crippen LogP) is 5.12. The first-order valence-corrected chi connectivity index (χ1v) is 17.7. The number of alkyl carbamates (subject to hydrolysis) is 1. The van der Waals surface area contributed by atoms with Gasteiger partial charge in [-0.15, -0.1) is 0 Å². The van der Waals surface area contributed by atoms with E-state index in [0.717, 1.165) is 27.8 Å². The molecular formula is C40H50N2O10. The van der Waals surface area contributed by atoms with Crippen LogP contribution in [0.3, 0.4) is 0 Å². The maximum absolute atomic E-state index is 13.3. The summed E-state index contributed by atoms with van der Waals surface area (Å²) < 4.78 is 41.3. The molecule has 3 aromatic rings. The summed E-state index contributed by atoms with van der Waals surface area (Å²) in [7, 11) is 1.50. The zero-order chi connectivity index (χ0) is 37.1. The van der Waals surface area contributed by atoms with Gasteiger partial charge in [-0.05, 0) is 55.5 Å². The van der Waals surface area contributed by atoms with Crippen molar-refractivity contribution in [3.63, 3.8) is 0 Å². The summed E-state index contributed by atoms with van der Waals surface area (Å²) in [6, 6.07) is 25.0. The molecule has 1 saturated heterocycles. The summed E-state index contributed by atoms with van der Waals surface area (Å²) in [5.74, 6) is -1.06. The number of rotatable bonds is 16. The summed E-state index contributed by atoms with van der Waals surface area (Å²) in [5, 5.41) is 5.61. The van der Waals surface area contributed by atoms with Gasteiger partial charge in [0.15, 0.2) is 6.29 Å². The molecule has 3 unspecified atom stereocenters. The van der Waals surface area contributed by atoms with E-state index in [4.69, 9.17) is 33.2 Å². The summed E-state index contributed by atoms with van der Waals surface area (Å²) in [6.45, 7) is 7.63. The average Bonchev–Trinajstić information content (AvgIpc) is 3.44. The van der Waals surface area contributed by atoms with Gasteiger partial charge in [0.2, 0.25) is 5.91 Å². The molecule has 0 spiro atoms. The van der Waals surface area contributed by atoms with Crippen LogP contribution >= 0.6 is 0 Å². The Morgan fingerprint density at radius 3 is 2.12 bits per heavy atom. The van der Waals surface area contributed by atoms with Crippen LogP contribution in [0.25, 0.3) is 11.1 Å². The van der Waals surface area contributed by atoms with Crippen LogP contribution in [0.4, 0.5) is 4.79 Å². The van der Waals surface area contributed by atoms with Gasteiger partial charge in [0.25, 0.3) is 0 Å². The Bertz CT molecular complexity index is 1580. The zero-order valence-electron chi connectivity index (χ0n) is 30.5. The molecule has 2 N–H and O–H groups in total. The number of methoxy groups -OCH3 is 1. The monoisotopic (exact) mass is 718 g/mol. The molecule has 12 heteroatoms. The number of hydrogen-bond donors (Lipinski definition) is 2. The number of benzene rings is 3. The molecule has 0 saturated carbocycles. The van der Waals surface area contributed by atoms with Gasteiger partial charge in [0.1, 0.15) is 43.2 Å². The van der Waals surface area contributed by atoms with Crippen LogP contribution in [-0.2, 0) is 49.4 Å². The number of nitrogens with one attached hydrogen (secondary N) is 2. The second-order valence-corrected chi connectivity index (χ2v) is 13.7. The first-order valence-electron chi connectivity index (χ1n) is 17.7. The average molecular weight is 719 g/mol. The van der Waals surface area contributed by atoms with E-state index in [1.165, 1.54) is 7.11 Å². The highest BCUT2D eigenvalue weighted by atomic mass is 16.7. The van der Waals surface area contributed by atoms with Crippen LogP contribution in [0.15, 0.2) is 78.9 Å². The van der Waals surface area contributed by atoms with Crippen molar-refractivity contribution in [2.24, 2.45) is 0 Å². The number of fused-ring (bicyclic) bond motifs is 3. The van der Waals surface area contributed by atoms with E-state index in [-0.39, 0.29) is 38.7 Å². The van der Waals surface area contributed by atoms with Crippen molar-refractivity contribution < 1.29 is 47.5 Å². The summed E-state index contributed by atoms with van der Waals surface area (Å²) in [4.78, 5) is 38.8. The van der Waals surface area contributed by atoms with E-state index in [1.54, 1.807) is 27.7 Å². The Hall–Kier alpha value is -4.33. The topological polar surface area (TPSA) is 140 Å². The second-order valence-electron chi connectivity index (χ2n) is 13.7. The lowest BCUT2D eigenvalue weighted by Gasteiger charge is -2.45. The summed E-state index contributed by atoms with van der Waals surface area (Å²) in [5.41, 5.74) is 4.76. The lowest BCUT2D eigenvalue weighted by Crippen LogP contribution is -2.66. The number of carbonyl (C=O) groups is 3. The molecule has 1 heterocycles. The fourth-order valence-corrected chi connectivity index (χ4v) is 6.57. The first kappa shape index (κ1) is 38.9. The van der Waals surface area contributed by atoms with Gasteiger partial charge in [-0.25, -0.2) is 9.59 Å². The lowest BCUT2D eigenvalue weighted by molar-refractivity contribution is -0.283. The molecule has 5 rings (SSSR count). The van der Waals surface area contributed by atoms with Crippen molar-refractivity contribution in [1.82, 2.24) is 10.6 Å². The largest absolute Gasteiger partial charge is 0.458 e. The van der Waals surface area contributed by atoms with Crippen LogP contribution < -0.4 is 10.6 Å². The zero-order valence-corrected chi connectivity index (χ0v) is 30.5. The number of amides is 2. The second kappa shape index (κ2) is 18.4. The molecule has 3 aromatic carbocycles. The molecule has 52 heavy (non-hydrogen) atoms. The van der Waals surface area contributed by atoms with Gasteiger partial charge in [0.05, 0.1) is 13.2 Å². The van der Waals surface area contributed by atoms with E-state index in [0.29, 0.717) is 6.61 Å². The first-order chi connectivity index (χ1) is 25.1. The van der Waals surface area contributed by atoms with Gasteiger partial charge in [-0.2, -0.15) is 0 Å². The van der Waals surface area contributed by atoms with E-state index < -0.39 is 60.8 Å². The van der Waals surface area contributed by atoms with Crippen LogP contribution in [-0.4, -0.2) is 94.3 Å². The molecule has 1 aliphatic heterocycles. The molecule has 5 atom stereocenters.